The number of rotatable bonds is 3. The number of fused-ring (bicyclic) bond motifs is 1. The van der Waals surface area contributed by atoms with Crippen LogP contribution in [0.25, 0.3) is 10.9 Å². The summed E-state index contributed by atoms with van der Waals surface area (Å²) < 4.78 is 0. The summed E-state index contributed by atoms with van der Waals surface area (Å²) in [7, 11) is 0. The van der Waals surface area contributed by atoms with Gasteiger partial charge in [0.25, 0.3) is 0 Å². The van der Waals surface area contributed by atoms with Gasteiger partial charge < -0.3 is 4.98 Å². The topological polar surface area (TPSA) is 58.9 Å². The molecule has 0 saturated heterocycles. The predicted octanol–water partition coefficient (Wildman–Crippen LogP) is 2.90. The smallest absolute Gasteiger partial charge is 0.239 e. The van der Waals surface area contributed by atoms with Crippen molar-refractivity contribution in [1.29, 1.82) is 0 Å². The Morgan fingerprint density at radius 2 is 2.20 bits per heavy atom. The number of hydrogen-bond donors (Lipinski definition) is 1. The predicted molar refractivity (Wildman–Crippen MR) is 58.3 cm³/mol. The SMILES string of the molecule is CCC(c1c[nH]c2ccccc12)[N+](=O)[O-]. The lowest BCUT2D eigenvalue weighted by Gasteiger charge is -2.04. The van der Waals surface area contributed by atoms with Gasteiger partial charge in [-0.3, -0.25) is 10.1 Å². The quantitative estimate of drug-likeness (QED) is 0.617. The van der Waals surface area contributed by atoms with Crippen LogP contribution in [0.2, 0.25) is 0 Å². The fraction of sp³-hybridized carbons (Fsp3) is 0.273. The summed E-state index contributed by atoms with van der Waals surface area (Å²) >= 11 is 0. The lowest BCUT2D eigenvalue weighted by Crippen LogP contribution is -2.08. The molecule has 0 fully saturated rings. The molecule has 4 nitrogen and oxygen atoms in total. The minimum absolute atomic E-state index is 0.227. The second kappa shape index (κ2) is 3.73. The largest absolute Gasteiger partial charge is 0.361 e. The van der Waals surface area contributed by atoms with Gasteiger partial charge in [-0.1, -0.05) is 25.1 Å². The summed E-state index contributed by atoms with van der Waals surface area (Å²) in [6, 6.07) is 7.03. The maximum absolute atomic E-state index is 10.9. The molecule has 2 rings (SSSR count). The Morgan fingerprint density at radius 3 is 2.87 bits per heavy atom. The van der Waals surface area contributed by atoms with Crippen molar-refractivity contribution >= 4 is 10.9 Å². The Labute approximate surface area is 87.1 Å². The van der Waals surface area contributed by atoms with E-state index in [1.807, 2.05) is 31.2 Å². The van der Waals surface area contributed by atoms with E-state index in [2.05, 4.69) is 4.98 Å². The van der Waals surface area contributed by atoms with E-state index in [0.717, 1.165) is 16.5 Å². The van der Waals surface area contributed by atoms with Crippen LogP contribution in [0.5, 0.6) is 0 Å². The summed E-state index contributed by atoms with van der Waals surface area (Å²) in [5, 5.41) is 11.8. The first-order valence-electron chi connectivity index (χ1n) is 4.93. The molecule has 0 bridgehead atoms. The summed E-state index contributed by atoms with van der Waals surface area (Å²) in [6.45, 7) is 1.83. The molecule has 0 aliphatic rings. The van der Waals surface area contributed by atoms with Crippen LogP contribution in [0, 0.1) is 10.1 Å². The molecule has 1 unspecified atom stereocenters. The van der Waals surface area contributed by atoms with Crippen LogP contribution >= 0.6 is 0 Å². The third-order valence-corrected chi connectivity index (χ3v) is 2.62. The van der Waals surface area contributed by atoms with Gasteiger partial charge in [-0.25, -0.2) is 0 Å². The second-order valence-electron chi connectivity index (χ2n) is 3.50. The number of aromatic amines is 1. The maximum atomic E-state index is 10.9. The number of benzene rings is 1. The molecule has 0 radical (unpaired) electrons. The lowest BCUT2D eigenvalue weighted by atomic mass is 10.0. The third kappa shape index (κ3) is 1.58. The molecule has 0 amide bonds. The number of nitrogens with one attached hydrogen (secondary N) is 1. The Balaban J connectivity index is 2.55. The number of nitro groups is 1. The summed E-state index contributed by atoms with van der Waals surface area (Å²) in [5.74, 6) is 0. The Morgan fingerprint density at radius 1 is 1.47 bits per heavy atom. The first-order chi connectivity index (χ1) is 7.24. The van der Waals surface area contributed by atoms with Crippen molar-refractivity contribution < 1.29 is 4.92 Å². The van der Waals surface area contributed by atoms with Crippen molar-refractivity contribution in [2.24, 2.45) is 0 Å². The van der Waals surface area contributed by atoms with E-state index in [0.29, 0.717) is 6.42 Å². The fourth-order valence-corrected chi connectivity index (χ4v) is 1.85. The van der Waals surface area contributed by atoms with Gasteiger partial charge in [0, 0.05) is 28.4 Å². The Kier molecular flexibility index (Phi) is 2.41. The number of para-hydroxylation sites is 1. The molecule has 78 valence electrons. The zero-order valence-corrected chi connectivity index (χ0v) is 8.43. The lowest BCUT2D eigenvalue weighted by molar-refractivity contribution is -0.529. The molecule has 0 saturated carbocycles. The highest BCUT2D eigenvalue weighted by atomic mass is 16.6. The van der Waals surface area contributed by atoms with Gasteiger partial charge in [-0.15, -0.1) is 0 Å². The maximum Gasteiger partial charge on any atom is 0.239 e. The standard InChI is InChI=1S/C11H12N2O2/c1-2-11(13(14)15)9-7-12-10-6-4-3-5-8(9)10/h3-7,11-12H,2H2,1H3. The molecule has 0 spiro atoms. The van der Waals surface area contributed by atoms with E-state index in [9.17, 15) is 10.1 Å². The van der Waals surface area contributed by atoms with Crippen LogP contribution in [0.1, 0.15) is 24.9 Å². The average molecular weight is 204 g/mol. The van der Waals surface area contributed by atoms with Crippen LogP contribution < -0.4 is 0 Å². The monoisotopic (exact) mass is 204 g/mol. The van der Waals surface area contributed by atoms with E-state index < -0.39 is 6.04 Å². The average Bonchev–Trinajstić information content (AvgIpc) is 2.63. The van der Waals surface area contributed by atoms with E-state index in [1.54, 1.807) is 6.20 Å². The van der Waals surface area contributed by atoms with Gasteiger partial charge in [0.15, 0.2) is 0 Å². The number of nitrogens with zero attached hydrogens (tertiary/aromatic N) is 1. The minimum Gasteiger partial charge on any atom is -0.361 e. The fourth-order valence-electron chi connectivity index (χ4n) is 1.85. The van der Waals surface area contributed by atoms with E-state index in [-0.39, 0.29) is 4.92 Å². The zero-order chi connectivity index (χ0) is 10.8. The molecule has 1 N–H and O–H groups in total. The van der Waals surface area contributed by atoms with E-state index in [4.69, 9.17) is 0 Å². The summed E-state index contributed by atoms with van der Waals surface area (Å²) in [4.78, 5) is 13.7. The van der Waals surface area contributed by atoms with Gasteiger partial charge >= 0.3 is 0 Å². The van der Waals surface area contributed by atoms with Crippen LogP contribution in [0.3, 0.4) is 0 Å². The minimum atomic E-state index is -0.610. The van der Waals surface area contributed by atoms with Crippen LogP contribution in [-0.4, -0.2) is 9.91 Å². The molecule has 15 heavy (non-hydrogen) atoms. The van der Waals surface area contributed by atoms with E-state index in [1.165, 1.54) is 0 Å². The Bertz CT molecular complexity index is 490. The number of H-pyrrole nitrogens is 1. The van der Waals surface area contributed by atoms with Gasteiger partial charge in [0.2, 0.25) is 6.04 Å². The van der Waals surface area contributed by atoms with Gasteiger partial charge in [-0.05, 0) is 6.07 Å². The second-order valence-corrected chi connectivity index (χ2v) is 3.50. The van der Waals surface area contributed by atoms with Gasteiger partial charge in [-0.2, -0.15) is 0 Å². The first-order valence-corrected chi connectivity index (χ1v) is 4.93. The summed E-state index contributed by atoms with van der Waals surface area (Å²) in [6.07, 6.45) is 2.25. The Hall–Kier alpha value is -1.84. The molecule has 1 aromatic carbocycles. The molecular weight excluding hydrogens is 192 g/mol. The highest BCUT2D eigenvalue weighted by molar-refractivity contribution is 5.83. The normalized spacial score (nSPS) is 12.9. The highest BCUT2D eigenvalue weighted by Gasteiger charge is 2.23. The zero-order valence-electron chi connectivity index (χ0n) is 8.43. The molecular formula is C11H12N2O2. The van der Waals surface area contributed by atoms with Crippen LogP contribution in [0.15, 0.2) is 30.5 Å². The molecule has 0 aliphatic carbocycles. The third-order valence-electron chi connectivity index (χ3n) is 2.62. The van der Waals surface area contributed by atoms with Gasteiger partial charge in [0.05, 0.1) is 5.56 Å². The molecule has 2 aromatic rings. The van der Waals surface area contributed by atoms with E-state index >= 15 is 0 Å². The molecule has 1 atom stereocenters. The van der Waals surface area contributed by atoms with Crippen molar-refractivity contribution in [3.63, 3.8) is 0 Å². The molecule has 4 heteroatoms. The van der Waals surface area contributed by atoms with Crippen LogP contribution in [0.4, 0.5) is 0 Å². The summed E-state index contributed by atoms with van der Waals surface area (Å²) in [5.41, 5.74) is 1.73. The van der Waals surface area contributed by atoms with Crippen molar-refractivity contribution in [1.82, 2.24) is 4.98 Å². The van der Waals surface area contributed by atoms with Crippen molar-refractivity contribution in [2.75, 3.05) is 0 Å². The first kappa shape index (κ1) is 9.71. The molecule has 0 aliphatic heterocycles. The van der Waals surface area contributed by atoms with Crippen molar-refractivity contribution in [3.05, 3.63) is 46.1 Å². The van der Waals surface area contributed by atoms with Crippen LogP contribution in [-0.2, 0) is 0 Å². The number of aromatic nitrogens is 1. The highest BCUT2D eigenvalue weighted by Crippen LogP contribution is 2.27. The van der Waals surface area contributed by atoms with Crippen molar-refractivity contribution in [3.8, 4) is 0 Å². The van der Waals surface area contributed by atoms with Gasteiger partial charge in [0.1, 0.15) is 0 Å². The van der Waals surface area contributed by atoms with Crippen molar-refractivity contribution in [2.45, 2.75) is 19.4 Å². The molecule has 1 aromatic heterocycles. The number of hydrogen-bond acceptors (Lipinski definition) is 2. The molecule has 1 heterocycles.